The van der Waals surface area contributed by atoms with Crippen LogP contribution in [0.1, 0.15) is 13.3 Å². The van der Waals surface area contributed by atoms with Gasteiger partial charge in [0.25, 0.3) is 0 Å². The first-order valence-electron chi connectivity index (χ1n) is 8.46. The Labute approximate surface area is 179 Å². The highest BCUT2D eigenvalue weighted by Crippen LogP contribution is 2.28. The molecule has 0 aliphatic carbocycles. The lowest BCUT2D eigenvalue weighted by molar-refractivity contribution is -0.116. The van der Waals surface area contributed by atoms with Crippen molar-refractivity contribution < 1.29 is 18.0 Å². The molecule has 0 fully saturated rings. The monoisotopic (exact) mass is 496 g/mol. The van der Waals surface area contributed by atoms with Crippen LogP contribution in [0.15, 0.2) is 51.8 Å². The van der Waals surface area contributed by atoms with Gasteiger partial charge in [0.1, 0.15) is 0 Å². The number of carbonyl (C=O) groups excluding carboxylic acids is 2. The van der Waals surface area contributed by atoms with E-state index in [1.54, 1.807) is 30.3 Å². The number of hydrogen-bond acceptors (Lipinski definition) is 6. The highest BCUT2D eigenvalue weighted by Gasteiger charge is 2.15. The summed E-state index contributed by atoms with van der Waals surface area (Å²) in [6.45, 7) is 1.38. The third-order valence-corrected chi connectivity index (χ3v) is 6.66. The Morgan fingerprint density at radius 2 is 1.83 bits per heavy atom. The minimum Gasteiger partial charge on any atom is -0.326 e. The van der Waals surface area contributed by atoms with Crippen LogP contribution in [-0.4, -0.2) is 31.8 Å². The first-order chi connectivity index (χ1) is 13.7. The minimum absolute atomic E-state index is 0.0389. The standard InChI is InChI=1S/C18H17BrN4O4S2/c1-11(24)21-13-4-7-15-16(10-13)28-18(22-15)23-17(25)8-9-20-29(26,27)14-5-2-12(19)3-6-14/h2-7,10,20H,8-9H2,1H3,(H,21,24)(H,22,23,25). The molecule has 3 N–H and O–H groups in total. The molecule has 0 spiro atoms. The summed E-state index contributed by atoms with van der Waals surface area (Å²) in [5.41, 5.74) is 1.34. The molecule has 2 aromatic carbocycles. The normalized spacial score (nSPS) is 11.4. The van der Waals surface area contributed by atoms with E-state index in [0.717, 1.165) is 9.17 Å². The van der Waals surface area contributed by atoms with E-state index in [4.69, 9.17) is 0 Å². The molecule has 11 heteroatoms. The third kappa shape index (κ3) is 5.82. The number of fused-ring (bicyclic) bond motifs is 1. The van der Waals surface area contributed by atoms with Crippen LogP contribution in [0.2, 0.25) is 0 Å². The van der Waals surface area contributed by atoms with Crippen molar-refractivity contribution in [2.24, 2.45) is 0 Å². The Balaban J connectivity index is 1.56. The Morgan fingerprint density at radius 1 is 1.10 bits per heavy atom. The van der Waals surface area contributed by atoms with Crippen LogP contribution >= 0.6 is 27.3 Å². The predicted molar refractivity (Wildman–Crippen MR) is 117 cm³/mol. The molecule has 0 aliphatic rings. The fraction of sp³-hybridized carbons (Fsp3) is 0.167. The van der Waals surface area contributed by atoms with E-state index in [1.807, 2.05) is 0 Å². The Morgan fingerprint density at radius 3 is 2.52 bits per heavy atom. The molecule has 0 saturated heterocycles. The maximum atomic E-state index is 12.2. The van der Waals surface area contributed by atoms with E-state index >= 15 is 0 Å². The summed E-state index contributed by atoms with van der Waals surface area (Å²) in [4.78, 5) is 27.7. The van der Waals surface area contributed by atoms with Gasteiger partial charge in [0, 0.05) is 30.0 Å². The molecule has 3 rings (SSSR count). The Kier molecular flexibility index (Phi) is 6.63. The average molecular weight is 497 g/mol. The van der Waals surface area contributed by atoms with Gasteiger partial charge in [-0.25, -0.2) is 18.1 Å². The van der Waals surface area contributed by atoms with Crippen LogP contribution in [-0.2, 0) is 19.6 Å². The molecule has 0 unspecified atom stereocenters. The highest BCUT2D eigenvalue weighted by molar-refractivity contribution is 9.10. The fourth-order valence-electron chi connectivity index (χ4n) is 2.44. The van der Waals surface area contributed by atoms with E-state index < -0.39 is 10.0 Å². The van der Waals surface area contributed by atoms with Gasteiger partial charge < -0.3 is 10.6 Å². The molecule has 29 heavy (non-hydrogen) atoms. The van der Waals surface area contributed by atoms with E-state index in [-0.39, 0.29) is 29.7 Å². The van der Waals surface area contributed by atoms with E-state index in [9.17, 15) is 18.0 Å². The number of hydrogen-bond donors (Lipinski definition) is 3. The minimum atomic E-state index is -3.68. The van der Waals surface area contributed by atoms with Crippen molar-refractivity contribution in [2.75, 3.05) is 17.2 Å². The van der Waals surface area contributed by atoms with Crippen LogP contribution in [0, 0.1) is 0 Å². The van der Waals surface area contributed by atoms with Gasteiger partial charge in [-0.3, -0.25) is 9.59 Å². The van der Waals surface area contributed by atoms with Crippen molar-refractivity contribution in [3.05, 3.63) is 46.9 Å². The maximum Gasteiger partial charge on any atom is 0.240 e. The van der Waals surface area contributed by atoms with Crippen molar-refractivity contribution >= 4 is 70.1 Å². The van der Waals surface area contributed by atoms with Crippen LogP contribution in [0.3, 0.4) is 0 Å². The van der Waals surface area contributed by atoms with Gasteiger partial charge in [0.2, 0.25) is 21.8 Å². The Bertz CT molecular complexity index is 1160. The summed E-state index contributed by atoms with van der Waals surface area (Å²) in [5, 5.41) is 5.76. The van der Waals surface area contributed by atoms with E-state index in [1.165, 1.54) is 30.4 Å². The maximum absolute atomic E-state index is 12.2. The van der Waals surface area contributed by atoms with Crippen LogP contribution in [0.25, 0.3) is 10.2 Å². The van der Waals surface area contributed by atoms with E-state index in [2.05, 4.69) is 36.3 Å². The first kappa shape index (κ1) is 21.4. The van der Waals surface area contributed by atoms with Gasteiger partial charge >= 0.3 is 0 Å². The van der Waals surface area contributed by atoms with Crippen molar-refractivity contribution in [3.63, 3.8) is 0 Å². The van der Waals surface area contributed by atoms with Gasteiger partial charge in [-0.1, -0.05) is 27.3 Å². The molecule has 1 aromatic heterocycles. The number of amides is 2. The number of halogens is 1. The second-order valence-corrected chi connectivity index (χ2v) is 9.75. The largest absolute Gasteiger partial charge is 0.326 e. The van der Waals surface area contributed by atoms with Crippen LogP contribution in [0.5, 0.6) is 0 Å². The molecule has 0 atom stereocenters. The smallest absolute Gasteiger partial charge is 0.240 e. The molecule has 0 aliphatic heterocycles. The topological polar surface area (TPSA) is 117 Å². The number of nitrogens with one attached hydrogen (secondary N) is 3. The predicted octanol–water partition coefficient (Wildman–Crippen LogP) is 3.32. The Hall–Kier alpha value is -2.34. The molecular formula is C18H17BrN4O4S2. The summed E-state index contributed by atoms with van der Waals surface area (Å²) in [5.74, 6) is -0.530. The number of nitrogens with zero attached hydrogens (tertiary/aromatic N) is 1. The molecule has 0 saturated carbocycles. The summed E-state index contributed by atoms with van der Waals surface area (Å²) in [6, 6.07) is 11.5. The number of aromatic nitrogens is 1. The zero-order valence-electron chi connectivity index (χ0n) is 15.2. The van der Waals surface area contributed by atoms with Crippen molar-refractivity contribution in [1.82, 2.24) is 9.71 Å². The van der Waals surface area contributed by atoms with Gasteiger partial charge in [0.05, 0.1) is 15.1 Å². The fourth-order valence-corrected chi connectivity index (χ4v) is 4.65. The number of anilines is 2. The van der Waals surface area contributed by atoms with Gasteiger partial charge in [-0.2, -0.15) is 0 Å². The quantitative estimate of drug-likeness (QED) is 0.463. The number of thiazole rings is 1. The highest BCUT2D eigenvalue weighted by atomic mass is 79.9. The molecule has 2 amide bonds. The summed E-state index contributed by atoms with van der Waals surface area (Å²) in [6.07, 6.45) is -0.0389. The average Bonchev–Trinajstić information content (AvgIpc) is 3.02. The number of sulfonamides is 1. The lowest BCUT2D eigenvalue weighted by atomic mass is 10.3. The van der Waals surface area contributed by atoms with Crippen molar-refractivity contribution in [1.29, 1.82) is 0 Å². The molecule has 3 aromatic rings. The van der Waals surface area contributed by atoms with Crippen LogP contribution < -0.4 is 15.4 Å². The van der Waals surface area contributed by atoms with Crippen molar-refractivity contribution in [3.8, 4) is 0 Å². The lowest BCUT2D eigenvalue weighted by Gasteiger charge is -2.06. The first-order valence-corrected chi connectivity index (χ1v) is 11.6. The molecule has 1 heterocycles. The second kappa shape index (κ2) is 8.99. The molecule has 0 bridgehead atoms. The van der Waals surface area contributed by atoms with E-state index in [0.29, 0.717) is 16.3 Å². The second-order valence-electron chi connectivity index (χ2n) is 6.03. The third-order valence-electron chi connectivity index (χ3n) is 3.72. The zero-order chi connectivity index (χ0) is 21.0. The number of rotatable bonds is 7. The zero-order valence-corrected chi connectivity index (χ0v) is 18.4. The van der Waals surface area contributed by atoms with Gasteiger partial charge in [-0.15, -0.1) is 0 Å². The molecular weight excluding hydrogens is 480 g/mol. The van der Waals surface area contributed by atoms with Gasteiger partial charge in [-0.05, 0) is 42.5 Å². The van der Waals surface area contributed by atoms with Gasteiger partial charge in [0.15, 0.2) is 5.13 Å². The van der Waals surface area contributed by atoms with Crippen LogP contribution in [0.4, 0.5) is 10.8 Å². The number of carbonyl (C=O) groups is 2. The summed E-state index contributed by atoms with van der Waals surface area (Å²) >= 11 is 4.52. The number of benzene rings is 2. The molecule has 8 nitrogen and oxygen atoms in total. The SMILES string of the molecule is CC(=O)Nc1ccc2nc(NC(=O)CCNS(=O)(=O)c3ccc(Br)cc3)sc2c1. The van der Waals surface area contributed by atoms with Crippen molar-refractivity contribution in [2.45, 2.75) is 18.2 Å². The molecule has 152 valence electrons. The summed E-state index contributed by atoms with van der Waals surface area (Å²) < 4.78 is 28.4. The summed E-state index contributed by atoms with van der Waals surface area (Å²) in [7, 11) is -3.68. The lowest BCUT2D eigenvalue weighted by Crippen LogP contribution is -2.27. The molecule has 0 radical (unpaired) electrons.